The summed E-state index contributed by atoms with van der Waals surface area (Å²) in [5, 5.41) is 10.3. The Morgan fingerprint density at radius 3 is 2.20 bits per heavy atom. The third-order valence-electron chi connectivity index (χ3n) is 4.13. The molecule has 1 aromatic rings. The quantitative estimate of drug-likeness (QED) is 0.897. The fraction of sp³-hybridized carbons (Fsp3) is 0.647. The summed E-state index contributed by atoms with van der Waals surface area (Å²) in [6.07, 6.45) is -0.237. The number of likely N-dealkylation sites (tertiary alicyclic amines) is 1. The summed E-state index contributed by atoms with van der Waals surface area (Å²) in [5.74, 6) is 2.31. The molecule has 1 N–H and O–H groups in total. The zero-order valence-electron chi connectivity index (χ0n) is 13.0. The third kappa shape index (κ3) is 3.97. The van der Waals surface area contributed by atoms with Crippen LogP contribution in [-0.4, -0.2) is 35.7 Å². The van der Waals surface area contributed by atoms with E-state index in [0.29, 0.717) is 0 Å². The lowest BCUT2D eigenvalue weighted by molar-refractivity contribution is 0.123. The Hall–Kier alpha value is -1.06. The van der Waals surface area contributed by atoms with Crippen LogP contribution in [0.2, 0.25) is 0 Å². The lowest BCUT2D eigenvalue weighted by Gasteiger charge is -2.20. The van der Waals surface area contributed by atoms with Crippen molar-refractivity contribution in [2.75, 3.05) is 19.6 Å². The van der Waals surface area contributed by atoms with Gasteiger partial charge in [0.05, 0.1) is 12.2 Å². The second kappa shape index (κ2) is 6.59. The van der Waals surface area contributed by atoms with Gasteiger partial charge in [-0.3, -0.25) is 4.90 Å². The molecule has 2 rings (SSSR count). The Kier molecular flexibility index (Phi) is 5.06. The molecule has 0 amide bonds. The summed E-state index contributed by atoms with van der Waals surface area (Å²) in [4.78, 5) is 2.36. The lowest BCUT2D eigenvalue weighted by Crippen LogP contribution is -2.26. The van der Waals surface area contributed by atoms with Gasteiger partial charge in [-0.05, 0) is 43.4 Å². The molecule has 1 fully saturated rings. The molecule has 1 aromatic carbocycles. The highest BCUT2D eigenvalue weighted by molar-refractivity contribution is 5.28. The molecule has 1 heterocycles. The minimum atomic E-state index is -0.416. The van der Waals surface area contributed by atoms with Crippen LogP contribution in [0.5, 0.6) is 5.75 Å². The number of ether oxygens (including phenoxy) is 1. The largest absolute Gasteiger partial charge is 0.491 e. The van der Waals surface area contributed by atoms with Crippen LogP contribution in [0.4, 0.5) is 0 Å². The fourth-order valence-electron chi connectivity index (χ4n) is 2.79. The predicted octanol–water partition coefficient (Wildman–Crippen LogP) is 3.10. The van der Waals surface area contributed by atoms with Gasteiger partial charge in [-0.2, -0.15) is 0 Å². The number of benzene rings is 1. The van der Waals surface area contributed by atoms with Gasteiger partial charge in [-0.15, -0.1) is 0 Å². The van der Waals surface area contributed by atoms with Crippen molar-refractivity contribution < 1.29 is 9.84 Å². The van der Waals surface area contributed by atoms with Gasteiger partial charge in [-0.1, -0.05) is 26.0 Å². The van der Waals surface area contributed by atoms with E-state index in [0.717, 1.165) is 42.8 Å². The molecule has 0 bridgehead atoms. The Morgan fingerprint density at radius 2 is 1.70 bits per heavy atom. The van der Waals surface area contributed by atoms with Crippen LogP contribution in [0.25, 0.3) is 0 Å². The predicted molar refractivity (Wildman–Crippen MR) is 81.9 cm³/mol. The van der Waals surface area contributed by atoms with Gasteiger partial charge in [0.25, 0.3) is 0 Å². The molecule has 0 saturated carbocycles. The number of nitrogens with zero attached hydrogens (tertiary/aromatic N) is 1. The second-order valence-electron chi connectivity index (χ2n) is 6.42. The molecular formula is C17H27NO2. The maximum Gasteiger partial charge on any atom is 0.119 e. The van der Waals surface area contributed by atoms with Gasteiger partial charge in [0.2, 0.25) is 0 Å². The number of aliphatic hydroxyl groups is 1. The molecular weight excluding hydrogens is 250 g/mol. The van der Waals surface area contributed by atoms with Gasteiger partial charge < -0.3 is 9.84 Å². The molecule has 1 saturated heterocycles. The summed E-state index contributed by atoms with van der Waals surface area (Å²) in [7, 11) is 0. The Balaban J connectivity index is 1.91. The maximum absolute atomic E-state index is 10.3. The lowest BCUT2D eigenvalue weighted by atomic mass is 10.0. The van der Waals surface area contributed by atoms with E-state index in [-0.39, 0.29) is 6.10 Å². The van der Waals surface area contributed by atoms with Crippen molar-refractivity contribution in [2.45, 2.75) is 39.9 Å². The second-order valence-corrected chi connectivity index (χ2v) is 6.42. The van der Waals surface area contributed by atoms with Crippen molar-refractivity contribution in [1.29, 1.82) is 0 Å². The van der Waals surface area contributed by atoms with Crippen LogP contribution in [0.1, 0.15) is 39.4 Å². The van der Waals surface area contributed by atoms with Crippen molar-refractivity contribution in [3.63, 3.8) is 0 Å². The molecule has 1 aliphatic heterocycles. The average Bonchev–Trinajstić information content (AvgIpc) is 2.68. The van der Waals surface area contributed by atoms with Gasteiger partial charge >= 0.3 is 0 Å². The average molecular weight is 277 g/mol. The summed E-state index contributed by atoms with van der Waals surface area (Å²) in [5.41, 5.74) is 0.966. The first kappa shape index (κ1) is 15.3. The Bertz CT molecular complexity index is 406. The van der Waals surface area contributed by atoms with E-state index in [2.05, 4.69) is 18.7 Å². The van der Waals surface area contributed by atoms with Crippen molar-refractivity contribution >= 4 is 0 Å². The smallest absolute Gasteiger partial charge is 0.119 e. The molecule has 0 aliphatic carbocycles. The molecule has 3 unspecified atom stereocenters. The monoisotopic (exact) mass is 277 g/mol. The first-order valence-corrected chi connectivity index (χ1v) is 7.62. The standard InChI is InChI=1S/C17H27NO2/c1-12(2)20-16-7-5-15(6-8-16)17(19)11-18-9-13(3)14(4)10-18/h5-8,12-14,17,19H,9-11H2,1-4H3. The maximum atomic E-state index is 10.3. The van der Waals surface area contributed by atoms with Crippen molar-refractivity contribution in [3.05, 3.63) is 29.8 Å². The zero-order chi connectivity index (χ0) is 14.7. The van der Waals surface area contributed by atoms with E-state index < -0.39 is 6.10 Å². The number of rotatable bonds is 5. The summed E-state index contributed by atoms with van der Waals surface area (Å²) in [6.45, 7) is 11.5. The number of β-amino-alcohol motifs (C(OH)–C–C–N with tert-alkyl or cyclic N) is 1. The molecule has 3 heteroatoms. The van der Waals surface area contributed by atoms with Crippen LogP contribution in [0, 0.1) is 11.8 Å². The third-order valence-corrected chi connectivity index (χ3v) is 4.13. The molecule has 3 atom stereocenters. The molecule has 1 aliphatic rings. The van der Waals surface area contributed by atoms with E-state index in [1.807, 2.05) is 38.1 Å². The highest BCUT2D eigenvalue weighted by Crippen LogP contribution is 2.25. The molecule has 112 valence electrons. The normalized spacial score (nSPS) is 25.1. The highest BCUT2D eigenvalue weighted by atomic mass is 16.5. The first-order valence-electron chi connectivity index (χ1n) is 7.62. The van der Waals surface area contributed by atoms with Crippen molar-refractivity contribution in [2.24, 2.45) is 11.8 Å². The minimum Gasteiger partial charge on any atom is -0.491 e. The number of hydrogen-bond acceptors (Lipinski definition) is 3. The summed E-state index contributed by atoms with van der Waals surface area (Å²) < 4.78 is 5.62. The van der Waals surface area contributed by atoms with E-state index in [4.69, 9.17) is 4.74 Å². The van der Waals surface area contributed by atoms with Crippen LogP contribution in [-0.2, 0) is 0 Å². The highest BCUT2D eigenvalue weighted by Gasteiger charge is 2.27. The molecule has 20 heavy (non-hydrogen) atoms. The Labute approximate surface area is 122 Å². The van der Waals surface area contributed by atoms with Gasteiger partial charge in [0.1, 0.15) is 5.75 Å². The van der Waals surface area contributed by atoms with Crippen molar-refractivity contribution in [1.82, 2.24) is 4.90 Å². The van der Waals surface area contributed by atoms with Crippen molar-refractivity contribution in [3.8, 4) is 5.75 Å². The minimum absolute atomic E-state index is 0.179. The van der Waals surface area contributed by atoms with Crippen LogP contribution in [0.15, 0.2) is 24.3 Å². The van der Waals surface area contributed by atoms with E-state index in [9.17, 15) is 5.11 Å². The number of hydrogen-bond donors (Lipinski definition) is 1. The Morgan fingerprint density at radius 1 is 1.15 bits per heavy atom. The van der Waals surface area contributed by atoms with Gasteiger partial charge in [0.15, 0.2) is 0 Å². The fourth-order valence-corrected chi connectivity index (χ4v) is 2.79. The molecule has 3 nitrogen and oxygen atoms in total. The zero-order valence-corrected chi connectivity index (χ0v) is 13.0. The summed E-state index contributed by atoms with van der Waals surface area (Å²) in [6, 6.07) is 7.80. The topological polar surface area (TPSA) is 32.7 Å². The van der Waals surface area contributed by atoms with Crippen LogP contribution >= 0.6 is 0 Å². The molecule has 0 spiro atoms. The van der Waals surface area contributed by atoms with Gasteiger partial charge in [-0.25, -0.2) is 0 Å². The molecule has 0 aromatic heterocycles. The van der Waals surface area contributed by atoms with E-state index in [1.54, 1.807) is 0 Å². The number of aliphatic hydroxyl groups excluding tert-OH is 1. The molecule has 0 radical (unpaired) electrons. The van der Waals surface area contributed by atoms with Gasteiger partial charge in [0, 0.05) is 19.6 Å². The van der Waals surface area contributed by atoms with E-state index in [1.165, 1.54) is 0 Å². The first-order chi connectivity index (χ1) is 9.45. The van der Waals surface area contributed by atoms with Crippen LogP contribution in [0.3, 0.4) is 0 Å². The van der Waals surface area contributed by atoms with Crippen LogP contribution < -0.4 is 4.74 Å². The SMILES string of the molecule is CC(C)Oc1ccc(C(O)CN2CC(C)C(C)C2)cc1. The summed E-state index contributed by atoms with van der Waals surface area (Å²) >= 11 is 0. The van der Waals surface area contributed by atoms with E-state index >= 15 is 0 Å².